The average Bonchev–Trinajstić information content (AvgIpc) is 2.69. The summed E-state index contributed by atoms with van der Waals surface area (Å²) in [6.45, 7) is 3.43. The van der Waals surface area contributed by atoms with Crippen LogP contribution in [-0.4, -0.2) is 43.2 Å². The van der Waals surface area contributed by atoms with Crippen molar-refractivity contribution in [2.75, 3.05) is 26.0 Å². The molecule has 0 spiro atoms. The molecule has 1 fully saturated rings. The van der Waals surface area contributed by atoms with Crippen molar-refractivity contribution in [1.29, 1.82) is 0 Å². The number of rotatable bonds is 5. The van der Waals surface area contributed by atoms with Gasteiger partial charge in [-0.2, -0.15) is 0 Å². The molecule has 2 bridgehead atoms. The standard InChI is InChI=1S/C21H26N2O4S/c1-3-10-28(25,26)22-12-15-11-17(14-22)21-19(8-9-20(24)23(21)13-15)16-4-6-18(27-2)7-5-16/h4-9,15,17H,3,10-14H2,1-2H3. The number of nitrogens with zero attached hydrogens (tertiary/aromatic N) is 2. The summed E-state index contributed by atoms with van der Waals surface area (Å²) < 4.78 is 34.1. The van der Waals surface area contributed by atoms with E-state index >= 15 is 0 Å². The lowest BCUT2D eigenvalue weighted by Crippen LogP contribution is -2.49. The van der Waals surface area contributed by atoms with Crippen LogP contribution in [0.15, 0.2) is 41.2 Å². The van der Waals surface area contributed by atoms with Crippen molar-refractivity contribution in [3.05, 3.63) is 52.4 Å². The minimum atomic E-state index is -3.25. The third-order valence-electron chi connectivity index (χ3n) is 5.81. The van der Waals surface area contributed by atoms with Gasteiger partial charge in [-0.1, -0.05) is 19.1 Å². The number of pyridine rings is 1. The SMILES string of the molecule is CCCS(=O)(=O)N1CC2CC(C1)c1c(-c3ccc(OC)cc3)ccc(=O)n1C2. The molecule has 0 N–H and O–H groups in total. The van der Waals surface area contributed by atoms with Gasteiger partial charge in [-0.15, -0.1) is 0 Å². The maximum absolute atomic E-state index is 12.7. The maximum Gasteiger partial charge on any atom is 0.250 e. The number of benzene rings is 1. The Balaban J connectivity index is 1.77. The Morgan fingerprint density at radius 1 is 1.07 bits per heavy atom. The van der Waals surface area contributed by atoms with Crippen molar-refractivity contribution < 1.29 is 13.2 Å². The lowest BCUT2D eigenvalue weighted by Gasteiger charge is -2.43. The zero-order valence-electron chi connectivity index (χ0n) is 16.3. The number of aromatic nitrogens is 1. The number of piperidine rings is 1. The van der Waals surface area contributed by atoms with Crippen molar-refractivity contribution in [1.82, 2.24) is 8.87 Å². The molecule has 4 rings (SSSR count). The molecule has 3 heterocycles. The van der Waals surface area contributed by atoms with Crippen LogP contribution in [0, 0.1) is 5.92 Å². The minimum absolute atomic E-state index is 0.00757. The highest BCUT2D eigenvalue weighted by Crippen LogP contribution is 2.40. The Morgan fingerprint density at radius 3 is 2.50 bits per heavy atom. The van der Waals surface area contributed by atoms with Gasteiger partial charge in [0.1, 0.15) is 5.75 Å². The van der Waals surface area contributed by atoms with Crippen molar-refractivity contribution in [3.8, 4) is 16.9 Å². The molecule has 0 amide bonds. The Bertz CT molecular complexity index is 1030. The molecular formula is C21H26N2O4S. The van der Waals surface area contributed by atoms with E-state index in [-0.39, 0.29) is 23.1 Å². The van der Waals surface area contributed by atoms with E-state index in [9.17, 15) is 13.2 Å². The fraction of sp³-hybridized carbons (Fsp3) is 0.476. The predicted octanol–water partition coefficient (Wildman–Crippen LogP) is 2.68. The first-order valence-corrected chi connectivity index (χ1v) is 11.4. The van der Waals surface area contributed by atoms with Gasteiger partial charge in [0.15, 0.2) is 0 Å². The van der Waals surface area contributed by atoms with Gasteiger partial charge >= 0.3 is 0 Å². The molecule has 28 heavy (non-hydrogen) atoms. The molecule has 2 aromatic rings. The van der Waals surface area contributed by atoms with Crippen molar-refractivity contribution >= 4 is 10.0 Å². The van der Waals surface area contributed by atoms with Crippen LogP contribution in [0.4, 0.5) is 0 Å². The van der Waals surface area contributed by atoms with Gasteiger partial charge in [0, 0.05) is 42.9 Å². The largest absolute Gasteiger partial charge is 0.497 e. The number of fused-ring (bicyclic) bond motifs is 4. The van der Waals surface area contributed by atoms with E-state index in [4.69, 9.17) is 4.74 Å². The third kappa shape index (κ3) is 3.37. The first kappa shape index (κ1) is 19.2. The topological polar surface area (TPSA) is 68.6 Å². The summed E-state index contributed by atoms with van der Waals surface area (Å²) in [5.74, 6) is 1.17. The van der Waals surface area contributed by atoms with Gasteiger partial charge in [0.25, 0.3) is 5.56 Å². The normalized spacial score (nSPS) is 21.9. The highest BCUT2D eigenvalue weighted by molar-refractivity contribution is 7.89. The van der Waals surface area contributed by atoms with Crippen molar-refractivity contribution in [2.24, 2.45) is 5.92 Å². The van der Waals surface area contributed by atoms with Crippen molar-refractivity contribution in [2.45, 2.75) is 32.2 Å². The zero-order chi connectivity index (χ0) is 19.9. The molecule has 2 aliphatic heterocycles. The van der Waals surface area contributed by atoms with Gasteiger partial charge in [-0.05, 0) is 42.5 Å². The summed E-state index contributed by atoms with van der Waals surface area (Å²) in [5, 5.41) is 0. The monoisotopic (exact) mass is 402 g/mol. The maximum atomic E-state index is 12.7. The Morgan fingerprint density at radius 2 is 1.82 bits per heavy atom. The average molecular weight is 403 g/mol. The molecule has 1 saturated heterocycles. The van der Waals surface area contributed by atoms with E-state index in [0.29, 0.717) is 26.1 Å². The van der Waals surface area contributed by atoms with Crippen LogP contribution in [0.25, 0.3) is 11.1 Å². The first-order valence-electron chi connectivity index (χ1n) is 9.79. The Hall–Kier alpha value is -2.12. The second-order valence-corrected chi connectivity index (χ2v) is 9.83. The molecule has 0 saturated carbocycles. The van der Waals surface area contributed by atoms with Gasteiger partial charge in [0.05, 0.1) is 12.9 Å². The molecule has 1 aromatic heterocycles. The summed E-state index contributed by atoms with van der Waals surface area (Å²) in [6.07, 6.45) is 1.53. The summed E-state index contributed by atoms with van der Waals surface area (Å²) >= 11 is 0. The third-order valence-corrected chi connectivity index (χ3v) is 7.82. The highest BCUT2D eigenvalue weighted by Gasteiger charge is 2.39. The Kier molecular flexibility index (Phi) is 5.05. The van der Waals surface area contributed by atoms with E-state index in [1.807, 2.05) is 41.8 Å². The van der Waals surface area contributed by atoms with Crippen LogP contribution >= 0.6 is 0 Å². The van der Waals surface area contributed by atoms with Crippen LogP contribution in [0.1, 0.15) is 31.4 Å². The van der Waals surface area contributed by atoms with E-state index in [1.165, 1.54) is 0 Å². The van der Waals surface area contributed by atoms with Crippen LogP contribution in [-0.2, 0) is 16.6 Å². The number of hydrogen-bond donors (Lipinski definition) is 0. The van der Waals surface area contributed by atoms with Gasteiger partial charge in [-0.3, -0.25) is 4.79 Å². The molecule has 0 radical (unpaired) electrons. The number of methoxy groups -OCH3 is 1. The molecule has 0 aliphatic carbocycles. The molecule has 2 unspecified atom stereocenters. The quantitative estimate of drug-likeness (QED) is 0.771. The lowest BCUT2D eigenvalue weighted by molar-refractivity contribution is 0.187. The fourth-order valence-electron chi connectivity index (χ4n) is 4.60. The first-order chi connectivity index (χ1) is 13.4. The summed E-state index contributed by atoms with van der Waals surface area (Å²) in [6, 6.07) is 11.3. The smallest absolute Gasteiger partial charge is 0.250 e. The lowest BCUT2D eigenvalue weighted by atomic mass is 9.81. The van der Waals surface area contributed by atoms with Gasteiger partial charge in [0.2, 0.25) is 10.0 Å². The van der Waals surface area contributed by atoms with E-state index < -0.39 is 10.0 Å². The van der Waals surface area contributed by atoms with E-state index in [1.54, 1.807) is 17.5 Å². The summed E-state index contributed by atoms with van der Waals surface area (Å²) in [5.41, 5.74) is 2.97. The molecule has 2 atom stereocenters. The van der Waals surface area contributed by atoms with Crippen LogP contribution in [0.2, 0.25) is 0 Å². The fourth-order valence-corrected chi connectivity index (χ4v) is 6.22. The molecule has 1 aromatic carbocycles. The Labute approximate surface area is 165 Å². The number of sulfonamides is 1. The highest BCUT2D eigenvalue weighted by atomic mass is 32.2. The number of ether oxygens (including phenoxy) is 1. The van der Waals surface area contributed by atoms with Crippen molar-refractivity contribution in [3.63, 3.8) is 0 Å². The molecule has 150 valence electrons. The molecular weight excluding hydrogens is 376 g/mol. The second-order valence-electron chi connectivity index (χ2n) is 7.74. The number of hydrogen-bond acceptors (Lipinski definition) is 4. The molecule has 7 heteroatoms. The minimum Gasteiger partial charge on any atom is -0.497 e. The van der Waals surface area contributed by atoms with E-state index in [0.717, 1.165) is 29.0 Å². The predicted molar refractivity (Wildman–Crippen MR) is 109 cm³/mol. The van der Waals surface area contributed by atoms with Gasteiger partial charge in [-0.25, -0.2) is 12.7 Å². The second kappa shape index (κ2) is 7.37. The van der Waals surface area contributed by atoms with E-state index in [2.05, 4.69) is 0 Å². The summed E-state index contributed by atoms with van der Waals surface area (Å²) in [4.78, 5) is 12.6. The van der Waals surface area contributed by atoms with Gasteiger partial charge < -0.3 is 9.30 Å². The van der Waals surface area contributed by atoms with Crippen LogP contribution < -0.4 is 10.3 Å². The molecule has 2 aliphatic rings. The summed E-state index contributed by atoms with van der Waals surface area (Å²) in [7, 11) is -1.61. The molecule has 6 nitrogen and oxygen atoms in total. The van der Waals surface area contributed by atoms with Crippen LogP contribution in [0.3, 0.4) is 0 Å². The van der Waals surface area contributed by atoms with Crippen LogP contribution in [0.5, 0.6) is 5.75 Å². The zero-order valence-corrected chi connectivity index (χ0v) is 17.1.